The van der Waals surface area contributed by atoms with Crippen LogP contribution < -0.4 is 5.32 Å². The standard InChI is InChI=1S/C28H59NP2S4/c1-6-10-14-18-22-30(33,23-19-15-11-7-2)26-29-28(32)27(5)35-31(34,24-20-16-12-8-3)25-21-17-13-9-4/h27H,6-26H2,1-5H3,(H,29,32). The van der Waals surface area contributed by atoms with Crippen molar-refractivity contribution in [2.24, 2.45) is 0 Å². The molecule has 0 aliphatic rings. The highest BCUT2D eigenvalue weighted by atomic mass is 32.9. The SMILES string of the molecule is CCCCCCP(=S)(CCCCCC)CNC(=S)C(C)SP(=S)(CCCCCC)CCCCCC. The average molecular weight is 600 g/mol. The van der Waals surface area contributed by atoms with E-state index in [0.717, 1.165) is 11.3 Å². The van der Waals surface area contributed by atoms with Gasteiger partial charge in [0, 0.05) is 11.5 Å². The van der Waals surface area contributed by atoms with Gasteiger partial charge in [-0.2, -0.15) is 0 Å². The molecule has 1 atom stereocenters. The normalized spacial score (nSPS) is 13.2. The first-order valence-corrected chi connectivity index (χ1v) is 23.3. The Morgan fingerprint density at radius 1 is 0.629 bits per heavy atom. The molecule has 7 heteroatoms. The van der Waals surface area contributed by atoms with E-state index in [4.69, 9.17) is 35.8 Å². The van der Waals surface area contributed by atoms with Crippen molar-refractivity contribution in [2.75, 3.05) is 30.9 Å². The minimum atomic E-state index is -1.42. The second kappa shape index (κ2) is 23.4. The molecule has 1 N–H and O–H groups in total. The summed E-state index contributed by atoms with van der Waals surface area (Å²) in [6.45, 7) is 11.4. The molecular weight excluding hydrogens is 541 g/mol. The Morgan fingerprint density at radius 3 is 1.37 bits per heavy atom. The number of thiocarbonyl (C=S) groups is 1. The molecule has 0 saturated carbocycles. The lowest BCUT2D eigenvalue weighted by atomic mass is 10.2. The Bertz CT molecular complexity index is 580. The summed E-state index contributed by atoms with van der Waals surface area (Å²) in [5, 5.41) is 2.60. The highest BCUT2D eigenvalue weighted by Gasteiger charge is 2.24. The van der Waals surface area contributed by atoms with E-state index in [2.05, 4.69) is 51.3 Å². The van der Waals surface area contributed by atoms with Crippen LogP contribution in [-0.2, 0) is 23.6 Å². The minimum absolute atomic E-state index is 0.316. The van der Waals surface area contributed by atoms with Crippen molar-refractivity contribution in [2.45, 2.75) is 143 Å². The summed E-state index contributed by atoms with van der Waals surface area (Å²) in [6, 6.07) is -1.39. The fourth-order valence-corrected chi connectivity index (χ4v) is 16.5. The molecule has 0 bridgehead atoms. The van der Waals surface area contributed by atoms with E-state index in [1.807, 2.05) is 0 Å². The van der Waals surface area contributed by atoms with Crippen LogP contribution in [0.3, 0.4) is 0 Å². The molecule has 0 aliphatic carbocycles. The Hall–Kier alpha value is 1.54. The maximum atomic E-state index is 6.39. The quantitative estimate of drug-likeness (QED) is 0.0634. The second-order valence-corrected chi connectivity index (χ2v) is 25.5. The Labute approximate surface area is 241 Å². The van der Waals surface area contributed by atoms with Gasteiger partial charge in [-0.15, -0.1) is 11.4 Å². The van der Waals surface area contributed by atoms with Crippen LogP contribution in [0.2, 0.25) is 0 Å². The van der Waals surface area contributed by atoms with Gasteiger partial charge < -0.3 is 5.32 Å². The third-order valence-electron chi connectivity index (χ3n) is 6.80. The highest BCUT2D eigenvalue weighted by Crippen LogP contribution is 2.62. The van der Waals surface area contributed by atoms with Gasteiger partial charge in [-0.3, -0.25) is 0 Å². The molecule has 0 fully saturated rings. The summed E-state index contributed by atoms with van der Waals surface area (Å²) < 4.78 is 0. The summed E-state index contributed by atoms with van der Waals surface area (Å²) in [5.74, 6) is 0. The van der Waals surface area contributed by atoms with Gasteiger partial charge >= 0.3 is 0 Å². The molecule has 35 heavy (non-hydrogen) atoms. The molecule has 0 radical (unpaired) electrons. The highest BCUT2D eigenvalue weighted by molar-refractivity contribution is 8.71. The number of unbranched alkanes of at least 4 members (excludes halogenated alkanes) is 12. The maximum absolute atomic E-state index is 6.39. The lowest BCUT2D eigenvalue weighted by Gasteiger charge is -2.28. The largest absolute Gasteiger partial charge is 0.374 e. The van der Waals surface area contributed by atoms with Crippen LogP contribution in [0, 0.1) is 0 Å². The first-order chi connectivity index (χ1) is 16.8. The molecule has 1 unspecified atom stereocenters. The van der Waals surface area contributed by atoms with Gasteiger partial charge in [0.1, 0.15) is 0 Å². The Morgan fingerprint density at radius 2 is 1.00 bits per heavy atom. The first kappa shape index (κ1) is 36.5. The molecule has 1 nitrogen and oxygen atoms in total. The molecule has 0 aromatic heterocycles. The van der Waals surface area contributed by atoms with Gasteiger partial charge in [0.05, 0.1) is 10.2 Å². The van der Waals surface area contributed by atoms with Crippen molar-refractivity contribution < 1.29 is 0 Å². The van der Waals surface area contributed by atoms with Gasteiger partial charge in [0.2, 0.25) is 0 Å². The van der Waals surface area contributed by atoms with E-state index >= 15 is 0 Å². The van der Waals surface area contributed by atoms with Gasteiger partial charge in [-0.25, -0.2) is 0 Å². The summed E-state index contributed by atoms with van der Waals surface area (Å²) in [4.78, 5) is 1.02. The predicted octanol–water partition coefficient (Wildman–Crippen LogP) is 11.2. The molecule has 210 valence electrons. The van der Waals surface area contributed by atoms with E-state index in [9.17, 15) is 0 Å². The molecule has 0 spiro atoms. The number of hydrogen-bond donors (Lipinski definition) is 1. The average Bonchev–Trinajstić information content (AvgIpc) is 2.84. The molecule has 0 aliphatic heterocycles. The van der Waals surface area contributed by atoms with Crippen LogP contribution in [-0.4, -0.2) is 41.2 Å². The Balaban J connectivity index is 4.94. The van der Waals surface area contributed by atoms with Crippen molar-refractivity contribution in [3.05, 3.63) is 0 Å². The number of nitrogens with one attached hydrogen (secondary N) is 1. The lowest BCUT2D eigenvalue weighted by Crippen LogP contribution is -2.30. The van der Waals surface area contributed by atoms with Crippen LogP contribution in [0.1, 0.15) is 137 Å². The predicted molar refractivity (Wildman–Crippen MR) is 182 cm³/mol. The Kier molecular flexibility index (Phi) is 24.5. The molecule has 0 heterocycles. The number of hydrogen-bond acceptors (Lipinski definition) is 4. The van der Waals surface area contributed by atoms with E-state index < -0.39 is 11.3 Å². The third-order valence-corrected chi connectivity index (χ3v) is 19.9. The molecule has 0 rings (SSSR count). The zero-order valence-corrected chi connectivity index (χ0v) is 29.0. The van der Waals surface area contributed by atoms with E-state index in [1.54, 1.807) is 0 Å². The molecule has 0 amide bonds. The monoisotopic (exact) mass is 599 g/mol. The van der Waals surface area contributed by atoms with Crippen LogP contribution in [0.25, 0.3) is 0 Å². The van der Waals surface area contributed by atoms with Gasteiger partial charge in [0.15, 0.2) is 0 Å². The van der Waals surface area contributed by atoms with E-state index in [1.165, 1.54) is 127 Å². The zero-order valence-electron chi connectivity index (χ0n) is 24.0. The smallest absolute Gasteiger partial charge is 0.0889 e. The summed E-state index contributed by atoms with van der Waals surface area (Å²) >= 11 is 20.8. The van der Waals surface area contributed by atoms with Crippen LogP contribution >= 0.6 is 34.9 Å². The second-order valence-electron chi connectivity index (χ2n) is 10.5. The molecular formula is C28H59NP2S4. The van der Waals surface area contributed by atoms with Crippen molar-refractivity contribution in [3.63, 3.8) is 0 Å². The zero-order chi connectivity index (χ0) is 26.4. The summed E-state index contributed by atoms with van der Waals surface area (Å²) in [7, 11) is 0. The topological polar surface area (TPSA) is 12.0 Å². The van der Waals surface area contributed by atoms with Crippen LogP contribution in [0.5, 0.6) is 0 Å². The minimum Gasteiger partial charge on any atom is -0.374 e. The van der Waals surface area contributed by atoms with Crippen molar-refractivity contribution in [1.82, 2.24) is 5.32 Å². The fraction of sp³-hybridized carbons (Fsp3) is 0.964. The van der Waals surface area contributed by atoms with Crippen LogP contribution in [0.15, 0.2) is 0 Å². The molecule has 0 aromatic rings. The molecule has 0 saturated heterocycles. The van der Waals surface area contributed by atoms with E-state index in [0.29, 0.717) is 5.25 Å². The third kappa shape index (κ3) is 20.2. The lowest BCUT2D eigenvalue weighted by molar-refractivity contribution is 0.695. The van der Waals surface area contributed by atoms with Crippen LogP contribution in [0.4, 0.5) is 0 Å². The van der Waals surface area contributed by atoms with Crippen molar-refractivity contribution >= 4 is 63.5 Å². The summed E-state index contributed by atoms with van der Waals surface area (Å²) in [5.41, 5.74) is 0. The van der Waals surface area contributed by atoms with Gasteiger partial charge in [0.25, 0.3) is 0 Å². The number of rotatable bonds is 25. The van der Waals surface area contributed by atoms with Gasteiger partial charge in [-0.1, -0.05) is 141 Å². The van der Waals surface area contributed by atoms with Crippen molar-refractivity contribution in [3.8, 4) is 0 Å². The van der Waals surface area contributed by atoms with E-state index in [-0.39, 0.29) is 0 Å². The summed E-state index contributed by atoms with van der Waals surface area (Å²) in [6.07, 6.45) is 27.0. The molecule has 0 aromatic carbocycles. The fourth-order valence-electron chi connectivity index (χ4n) is 4.40. The van der Waals surface area contributed by atoms with Crippen molar-refractivity contribution in [1.29, 1.82) is 0 Å². The maximum Gasteiger partial charge on any atom is 0.0889 e. The van der Waals surface area contributed by atoms with Gasteiger partial charge in [-0.05, 0) is 63.3 Å². The first-order valence-electron chi connectivity index (χ1n) is 14.9.